The van der Waals surface area contributed by atoms with Crippen LogP contribution in [0.15, 0.2) is 36.5 Å². The van der Waals surface area contributed by atoms with Crippen LogP contribution in [0.3, 0.4) is 0 Å². The van der Waals surface area contributed by atoms with Gasteiger partial charge in [-0.3, -0.25) is 9.59 Å². The number of aliphatic hydroxyl groups excluding tert-OH is 2. The maximum atomic E-state index is 12.6. The minimum Gasteiger partial charge on any atom is -0.466 e. The lowest BCUT2D eigenvalue weighted by atomic mass is 10.0. The maximum absolute atomic E-state index is 12.6. The van der Waals surface area contributed by atoms with Crippen molar-refractivity contribution in [1.82, 2.24) is 5.32 Å². The molecule has 0 aliphatic carbocycles. The monoisotopic (exact) mass is 1170 g/mol. The van der Waals surface area contributed by atoms with Gasteiger partial charge in [-0.2, -0.15) is 0 Å². The molecule has 0 aliphatic heterocycles. The predicted molar refractivity (Wildman–Crippen MR) is 366 cm³/mol. The first-order valence-corrected chi connectivity index (χ1v) is 37.7. The van der Waals surface area contributed by atoms with Crippen LogP contribution in [0.1, 0.15) is 418 Å². The van der Waals surface area contributed by atoms with E-state index in [1.807, 2.05) is 0 Å². The van der Waals surface area contributed by atoms with Crippen molar-refractivity contribution >= 4 is 11.9 Å². The minimum absolute atomic E-state index is 0.00106. The Bertz CT molecular complexity index is 1340. The summed E-state index contributed by atoms with van der Waals surface area (Å²) in [6.45, 7) is 4.92. The van der Waals surface area contributed by atoms with E-state index < -0.39 is 12.1 Å². The molecule has 0 aliphatic rings. The van der Waals surface area contributed by atoms with Crippen LogP contribution in [0.25, 0.3) is 0 Å². The smallest absolute Gasteiger partial charge is 0.305 e. The zero-order chi connectivity index (χ0) is 59.9. The molecule has 83 heavy (non-hydrogen) atoms. The lowest BCUT2D eigenvalue weighted by Crippen LogP contribution is -2.45. The van der Waals surface area contributed by atoms with Gasteiger partial charge in [0.15, 0.2) is 0 Å². The van der Waals surface area contributed by atoms with Gasteiger partial charge in [0.25, 0.3) is 0 Å². The molecule has 0 fully saturated rings. The van der Waals surface area contributed by atoms with Gasteiger partial charge < -0.3 is 20.3 Å². The first-order valence-electron chi connectivity index (χ1n) is 37.7. The fourth-order valence-electron chi connectivity index (χ4n) is 11.9. The second-order valence-corrected chi connectivity index (χ2v) is 26.0. The number of amides is 1. The molecule has 0 rings (SSSR count). The molecule has 0 aromatic carbocycles. The van der Waals surface area contributed by atoms with E-state index in [1.165, 1.54) is 334 Å². The number of hydrogen-bond acceptors (Lipinski definition) is 5. The molecule has 2 unspecified atom stereocenters. The van der Waals surface area contributed by atoms with E-state index in [0.29, 0.717) is 25.9 Å². The summed E-state index contributed by atoms with van der Waals surface area (Å²) in [5.74, 6) is -0.0289. The summed E-state index contributed by atoms with van der Waals surface area (Å²) in [5.41, 5.74) is 0. The Morgan fingerprint density at radius 1 is 0.337 bits per heavy atom. The fourth-order valence-corrected chi connectivity index (χ4v) is 11.9. The molecule has 0 saturated heterocycles. The maximum Gasteiger partial charge on any atom is 0.305 e. The molecule has 0 aromatic rings. The predicted octanol–water partition coefficient (Wildman–Crippen LogP) is 24.7. The molecule has 0 radical (unpaired) electrons. The zero-order valence-electron chi connectivity index (χ0n) is 56.2. The molecule has 0 heterocycles. The Morgan fingerprint density at radius 3 is 0.976 bits per heavy atom. The van der Waals surface area contributed by atoms with Gasteiger partial charge in [-0.05, 0) is 77.0 Å². The summed E-state index contributed by atoms with van der Waals surface area (Å²) >= 11 is 0. The molecule has 6 heteroatoms. The van der Waals surface area contributed by atoms with Crippen LogP contribution >= 0.6 is 0 Å². The topological polar surface area (TPSA) is 95.9 Å². The summed E-state index contributed by atoms with van der Waals surface area (Å²) < 4.78 is 5.48. The highest BCUT2D eigenvalue weighted by Crippen LogP contribution is 2.19. The van der Waals surface area contributed by atoms with E-state index in [2.05, 4.69) is 55.6 Å². The van der Waals surface area contributed by atoms with E-state index in [4.69, 9.17) is 4.74 Å². The second kappa shape index (κ2) is 72.6. The van der Waals surface area contributed by atoms with E-state index >= 15 is 0 Å². The molecule has 1 amide bonds. The number of allylic oxidation sites excluding steroid dienone is 6. The number of ether oxygens (including phenoxy) is 1. The molecule has 490 valence electrons. The third kappa shape index (κ3) is 69.1. The lowest BCUT2D eigenvalue weighted by molar-refractivity contribution is -0.143. The average Bonchev–Trinajstić information content (AvgIpc) is 3.48. The van der Waals surface area contributed by atoms with Gasteiger partial charge in [-0.15, -0.1) is 0 Å². The summed E-state index contributed by atoms with van der Waals surface area (Å²) in [4.78, 5) is 24.6. The van der Waals surface area contributed by atoms with Crippen molar-refractivity contribution in [3.8, 4) is 0 Å². The van der Waals surface area contributed by atoms with Crippen molar-refractivity contribution < 1.29 is 24.5 Å². The summed E-state index contributed by atoms with van der Waals surface area (Å²) in [5, 5.41) is 23.5. The molecular formula is C77H147NO5. The third-order valence-electron chi connectivity index (χ3n) is 17.6. The molecule has 0 aromatic heterocycles. The Labute approximate surface area is 519 Å². The highest BCUT2D eigenvalue weighted by Gasteiger charge is 2.20. The number of rotatable bonds is 71. The summed E-state index contributed by atoms with van der Waals surface area (Å²) in [6.07, 6.45) is 93.6. The quantitative estimate of drug-likeness (QED) is 0.0320. The number of unbranched alkanes of at least 4 members (excludes halogenated alkanes) is 54. The van der Waals surface area contributed by atoms with Crippen molar-refractivity contribution in [3.05, 3.63) is 36.5 Å². The highest BCUT2D eigenvalue weighted by molar-refractivity contribution is 5.76. The number of nitrogens with one attached hydrogen (secondary N) is 1. The van der Waals surface area contributed by atoms with E-state index in [9.17, 15) is 19.8 Å². The molecule has 2 atom stereocenters. The Kier molecular flexibility index (Phi) is 70.9. The Hall–Kier alpha value is -1.92. The van der Waals surface area contributed by atoms with Crippen molar-refractivity contribution in [2.45, 2.75) is 431 Å². The van der Waals surface area contributed by atoms with Gasteiger partial charge in [0.05, 0.1) is 25.4 Å². The van der Waals surface area contributed by atoms with Crippen molar-refractivity contribution in [3.63, 3.8) is 0 Å². The van der Waals surface area contributed by atoms with Crippen LogP contribution in [-0.4, -0.2) is 47.4 Å². The molecular weight excluding hydrogens is 1020 g/mol. The van der Waals surface area contributed by atoms with Crippen LogP contribution in [0.4, 0.5) is 0 Å². The largest absolute Gasteiger partial charge is 0.466 e. The number of esters is 1. The van der Waals surface area contributed by atoms with Gasteiger partial charge in [-0.25, -0.2) is 0 Å². The molecule has 0 bridgehead atoms. The average molecular weight is 1170 g/mol. The van der Waals surface area contributed by atoms with Crippen LogP contribution in [0.5, 0.6) is 0 Å². The van der Waals surface area contributed by atoms with Crippen molar-refractivity contribution in [1.29, 1.82) is 0 Å². The molecule has 0 spiro atoms. The third-order valence-corrected chi connectivity index (χ3v) is 17.6. The molecule has 6 nitrogen and oxygen atoms in total. The van der Waals surface area contributed by atoms with Crippen LogP contribution in [-0.2, 0) is 14.3 Å². The van der Waals surface area contributed by atoms with E-state index in [0.717, 1.165) is 51.4 Å². The van der Waals surface area contributed by atoms with Crippen molar-refractivity contribution in [2.75, 3.05) is 13.2 Å². The van der Waals surface area contributed by atoms with Gasteiger partial charge in [0, 0.05) is 12.8 Å². The second-order valence-electron chi connectivity index (χ2n) is 26.0. The zero-order valence-corrected chi connectivity index (χ0v) is 56.2. The van der Waals surface area contributed by atoms with Crippen LogP contribution in [0.2, 0.25) is 0 Å². The van der Waals surface area contributed by atoms with Crippen LogP contribution < -0.4 is 5.32 Å². The number of hydrogen-bond donors (Lipinski definition) is 3. The number of carbonyl (C=O) groups is 2. The lowest BCUT2D eigenvalue weighted by Gasteiger charge is -2.22. The number of carbonyl (C=O) groups excluding carboxylic acids is 2. The fraction of sp³-hybridized carbons (Fsp3) is 0.896. The normalized spacial score (nSPS) is 12.7. The standard InChI is InChI=1S/C77H147NO5/c1-3-5-7-9-11-13-15-17-18-19-20-21-22-27-30-33-36-39-42-46-49-53-57-61-65-69-75(80)74(73-79)78-76(81)70-66-62-58-54-50-47-43-40-37-34-31-28-25-23-24-26-29-32-35-38-41-44-48-52-56-60-64-68-72-83-77(82)71-67-63-59-55-51-45-16-14-12-10-8-6-4-2/h8,10,14,16,23-24,74-75,79-80H,3-7,9,11-13,15,17-22,25-73H2,1-2H3,(H,78,81)/b10-8-,16-14-,24-23-. The minimum atomic E-state index is -0.666. The van der Waals surface area contributed by atoms with Gasteiger partial charge in [0.2, 0.25) is 5.91 Å². The SMILES string of the molecule is CCC/C=C\C/C=C\CCCCCCCC(=O)OCCCCCCCCCCCCCC/C=C\CCCCCCCCCCCCCCC(=O)NC(CO)C(O)CCCCCCCCCCCCCCCCCCCCCCCCCCC. The van der Waals surface area contributed by atoms with Gasteiger partial charge >= 0.3 is 5.97 Å². The first kappa shape index (κ1) is 81.1. The highest BCUT2D eigenvalue weighted by atomic mass is 16.5. The van der Waals surface area contributed by atoms with E-state index in [-0.39, 0.29) is 18.5 Å². The van der Waals surface area contributed by atoms with Crippen molar-refractivity contribution in [2.24, 2.45) is 0 Å². The first-order chi connectivity index (χ1) is 41.0. The van der Waals surface area contributed by atoms with Gasteiger partial charge in [0.1, 0.15) is 0 Å². The Morgan fingerprint density at radius 2 is 0.627 bits per heavy atom. The molecule has 3 N–H and O–H groups in total. The Balaban J connectivity index is 3.38. The van der Waals surface area contributed by atoms with Gasteiger partial charge in [-0.1, -0.05) is 365 Å². The molecule has 0 saturated carbocycles. The van der Waals surface area contributed by atoms with E-state index in [1.54, 1.807) is 0 Å². The summed E-state index contributed by atoms with van der Waals surface area (Å²) in [7, 11) is 0. The van der Waals surface area contributed by atoms with Crippen LogP contribution in [0, 0.1) is 0 Å². The number of aliphatic hydroxyl groups is 2. The summed E-state index contributed by atoms with van der Waals surface area (Å²) in [6, 6.07) is -0.543.